The summed E-state index contributed by atoms with van der Waals surface area (Å²) in [5.41, 5.74) is 1.42. The standard InChI is InChI=1S/C15H21N3O/c1-11(2)15-12(4-3-7-19-15)9-17-14-6-5-13(8-16)18-10-14/h5-6,10-12,15,17H,3-4,7,9H2,1-2H3. The summed E-state index contributed by atoms with van der Waals surface area (Å²) in [6, 6.07) is 5.66. The van der Waals surface area contributed by atoms with Gasteiger partial charge in [0.05, 0.1) is 18.0 Å². The third-order valence-corrected chi connectivity index (χ3v) is 3.60. The maximum Gasteiger partial charge on any atom is 0.140 e. The van der Waals surface area contributed by atoms with E-state index < -0.39 is 0 Å². The van der Waals surface area contributed by atoms with Gasteiger partial charge in [-0.15, -0.1) is 0 Å². The molecule has 102 valence electrons. The van der Waals surface area contributed by atoms with Gasteiger partial charge in [-0.25, -0.2) is 4.98 Å². The first-order valence-corrected chi connectivity index (χ1v) is 6.92. The van der Waals surface area contributed by atoms with Crippen molar-refractivity contribution in [3.8, 4) is 6.07 Å². The van der Waals surface area contributed by atoms with E-state index in [1.165, 1.54) is 6.42 Å². The molecule has 2 atom stereocenters. The zero-order valence-corrected chi connectivity index (χ0v) is 11.6. The monoisotopic (exact) mass is 259 g/mol. The average molecular weight is 259 g/mol. The number of aromatic nitrogens is 1. The number of pyridine rings is 1. The molecule has 1 N–H and O–H groups in total. The fraction of sp³-hybridized carbons (Fsp3) is 0.600. The van der Waals surface area contributed by atoms with Crippen molar-refractivity contribution < 1.29 is 4.74 Å². The van der Waals surface area contributed by atoms with Crippen LogP contribution in [-0.2, 0) is 4.74 Å². The van der Waals surface area contributed by atoms with Crippen LogP contribution in [0.5, 0.6) is 0 Å². The highest BCUT2D eigenvalue weighted by atomic mass is 16.5. The fourth-order valence-corrected chi connectivity index (χ4v) is 2.63. The Morgan fingerprint density at radius 3 is 3.00 bits per heavy atom. The quantitative estimate of drug-likeness (QED) is 0.903. The molecular weight excluding hydrogens is 238 g/mol. The highest BCUT2D eigenvalue weighted by Crippen LogP contribution is 2.26. The zero-order valence-electron chi connectivity index (χ0n) is 11.6. The molecule has 2 unspecified atom stereocenters. The maximum atomic E-state index is 8.71. The van der Waals surface area contributed by atoms with Crippen molar-refractivity contribution in [3.63, 3.8) is 0 Å². The molecule has 0 aromatic carbocycles. The van der Waals surface area contributed by atoms with Crippen LogP contribution in [0.2, 0.25) is 0 Å². The number of anilines is 1. The molecule has 1 aromatic rings. The van der Waals surface area contributed by atoms with Gasteiger partial charge in [0.15, 0.2) is 0 Å². The van der Waals surface area contributed by atoms with Gasteiger partial charge in [-0.2, -0.15) is 5.26 Å². The molecule has 2 heterocycles. The Balaban J connectivity index is 1.91. The summed E-state index contributed by atoms with van der Waals surface area (Å²) in [6.45, 7) is 6.21. The predicted octanol–water partition coefficient (Wildman–Crippen LogP) is 2.82. The Hall–Kier alpha value is -1.60. The van der Waals surface area contributed by atoms with Crippen molar-refractivity contribution in [3.05, 3.63) is 24.0 Å². The van der Waals surface area contributed by atoms with Crippen LogP contribution in [0.3, 0.4) is 0 Å². The van der Waals surface area contributed by atoms with Crippen LogP contribution >= 0.6 is 0 Å². The van der Waals surface area contributed by atoms with Gasteiger partial charge in [0.2, 0.25) is 0 Å². The second kappa shape index (κ2) is 6.53. The normalized spacial score (nSPS) is 23.1. The lowest BCUT2D eigenvalue weighted by molar-refractivity contribution is -0.0480. The van der Waals surface area contributed by atoms with Crippen LogP contribution in [0, 0.1) is 23.2 Å². The zero-order chi connectivity index (χ0) is 13.7. The number of ether oxygens (including phenoxy) is 1. The molecule has 4 heteroatoms. The molecule has 0 amide bonds. The average Bonchev–Trinajstić information content (AvgIpc) is 2.46. The summed E-state index contributed by atoms with van der Waals surface area (Å²) in [7, 11) is 0. The first-order valence-electron chi connectivity index (χ1n) is 6.92. The van der Waals surface area contributed by atoms with Crippen LogP contribution < -0.4 is 5.32 Å². The molecule has 4 nitrogen and oxygen atoms in total. The summed E-state index contributed by atoms with van der Waals surface area (Å²) < 4.78 is 5.88. The Morgan fingerprint density at radius 1 is 1.53 bits per heavy atom. The number of nitrogens with one attached hydrogen (secondary N) is 1. The SMILES string of the molecule is CC(C)C1OCCCC1CNc1ccc(C#N)nc1. The van der Waals surface area contributed by atoms with Crippen molar-refractivity contribution in [2.75, 3.05) is 18.5 Å². The molecule has 0 bridgehead atoms. The Morgan fingerprint density at radius 2 is 2.37 bits per heavy atom. The van der Waals surface area contributed by atoms with Crippen molar-refractivity contribution in [2.24, 2.45) is 11.8 Å². The first-order chi connectivity index (χ1) is 9.20. The Bertz CT molecular complexity index is 436. The van der Waals surface area contributed by atoms with Crippen molar-refractivity contribution in [1.82, 2.24) is 4.98 Å². The topological polar surface area (TPSA) is 57.9 Å². The highest BCUT2D eigenvalue weighted by molar-refractivity contribution is 5.42. The molecule has 1 aromatic heterocycles. The third kappa shape index (κ3) is 3.68. The minimum absolute atomic E-state index is 0.340. The van der Waals surface area contributed by atoms with E-state index in [1.807, 2.05) is 12.1 Å². The van der Waals surface area contributed by atoms with Gasteiger partial charge in [-0.3, -0.25) is 0 Å². The molecule has 1 fully saturated rings. The minimum Gasteiger partial charge on any atom is -0.383 e. The van der Waals surface area contributed by atoms with Crippen LogP contribution in [-0.4, -0.2) is 24.2 Å². The molecule has 1 saturated heterocycles. The molecule has 0 spiro atoms. The summed E-state index contributed by atoms with van der Waals surface area (Å²) >= 11 is 0. The van der Waals surface area contributed by atoms with Gasteiger partial charge < -0.3 is 10.1 Å². The predicted molar refractivity (Wildman–Crippen MR) is 74.7 cm³/mol. The lowest BCUT2D eigenvalue weighted by Crippen LogP contribution is -2.37. The molecule has 0 radical (unpaired) electrons. The smallest absolute Gasteiger partial charge is 0.140 e. The molecule has 19 heavy (non-hydrogen) atoms. The molecule has 0 aliphatic carbocycles. The molecule has 0 saturated carbocycles. The highest BCUT2D eigenvalue weighted by Gasteiger charge is 2.28. The molecular formula is C15H21N3O. The lowest BCUT2D eigenvalue weighted by Gasteiger charge is -2.34. The van der Waals surface area contributed by atoms with E-state index in [-0.39, 0.29) is 0 Å². The van der Waals surface area contributed by atoms with Gasteiger partial charge in [0, 0.05) is 19.1 Å². The summed E-state index contributed by atoms with van der Waals surface area (Å²) in [5, 5.41) is 12.1. The van der Waals surface area contributed by atoms with E-state index in [4.69, 9.17) is 10.00 Å². The summed E-state index contributed by atoms with van der Waals surface area (Å²) in [4.78, 5) is 4.06. The van der Waals surface area contributed by atoms with Gasteiger partial charge >= 0.3 is 0 Å². The van der Waals surface area contributed by atoms with Gasteiger partial charge in [-0.1, -0.05) is 13.8 Å². The van der Waals surface area contributed by atoms with Gasteiger partial charge in [0.25, 0.3) is 0 Å². The molecule has 1 aliphatic rings. The third-order valence-electron chi connectivity index (χ3n) is 3.60. The molecule has 2 rings (SSSR count). The van der Waals surface area contributed by atoms with Crippen LogP contribution in [0.1, 0.15) is 32.4 Å². The lowest BCUT2D eigenvalue weighted by atomic mass is 9.87. The van der Waals surface area contributed by atoms with E-state index in [1.54, 1.807) is 12.3 Å². The number of rotatable bonds is 4. The van der Waals surface area contributed by atoms with Crippen LogP contribution in [0.15, 0.2) is 18.3 Å². The minimum atomic E-state index is 0.340. The Kier molecular flexibility index (Phi) is 4.75. The fourth-order valence-electron chi connectivity index (χ4n) is 2.63. The van der Waals surface area contributed by atoms with Crippen molar-refractivity contribution in [1.29, 1.82) is 5.26 Å². The van der Waals surface area contributed by atoms with E-state index in [0.29, 0.717) is 23.6 Å². The van der Waals surface area contributed by atoms with E-state index in [9.17, 15) is 0 Å². The van der Waals surface area contributed by atoms with Crippen LogP contribution in [0.4, 0.5) is 5.69 Å². The number of hydrogen-bond donors (Lipinski definition) is 1. The van der Waals surface area contributed by atoms with E-state index in [2.05, 4.69) is 24.1 Å². The largest absolute Gasteiger partial charge is 0.383 e. The number of nitriles is 1. The van der Waals surface area contributed by atoms with Gasteiger partial charge in [-0.05, 0) is 30.9 Å². The van der Waals surface area contributed by atoms with Crippen molar-refractivity contribution >= 4 is 5.69 Å². The van der Waals surface area contributed by atoms with Gasteiger partial charge in [0.1, 0.15) is 11.8 Å². The maximum absolute atomic E-state index is 8.71. The molecule has 1 aliphatic heterocycles. The second-order valence-corrected chi connectivity index (χ2v) is 5.41. The summed E-state index contributed by atoms with van der Waals surface area (Å²) in [6.07, 6.45) is 4.40. The van der Waals surface area contributed by atoms with E-state index in [0.717, 1.165) is 25.3 Å². The van der Waals surface area contributed by atoms with Crippen molar-refractivity contribution in [2.45, 2.75) is 32.8 Å². The Labute approximate surface area is 114 Å². The van der Waals surface area contributed by atoms with E-state index >= 15 is 0 Å². The summed E-state index contributed by atoms with van der Waals surface area (Å²) in [5.74, 6) is 1.09. The number of hydrogen-bond acceptors (Lipinski definition) is 4. The number of nitrogens with zero attached hydrogens (tertiary/aromatic N) is 2. The second-order valence-electron chi connectivity index (χ2n) is 5.41. The first kappa shape index (κ1) is 13.8. The van der Waals surface area contributed by atoms with Crippen LogP contribution in [0.25, 0.3) is 0 Å².